The average molecular weight is 393 g/mol. The second-order valence-corrected chi connectivity index (χ2v) is 7.42. The van der Waals surface area contributed by atoms with Crippen molar-refractivity contribution in [3.05, 3.63) is 51.6 Å². The van der Waals surface area contributed by atoms with E-state index in [0.717, 1.165) is 11.4 Å². The normalized spacial score (nSPS) is 19.4. The Labute approximate surface area is 161 Å². The van der Waals surface area contributed by atoms with Gasteiger partial charge in [0.15, 0.2) is 4.77 Å². The van der Waals surface area contributed by atoms with Crippen molar-refractivity contribution in [2.75, 3.05) is 26.3 Å². The third-order valence-electron chi connectivity index (χ3n) is 5.51. The van der Waals surface area contributed by atoms with Crippen LogP contribution in [0.25, 0.3) is 0 Å². The van der Waals surface area contributed by atoms with Crippen LogP contribution in [0.3, 0.4) is 0 Å². The minimum atomic E-state index is -0.535. The summed E-state index contributed by atoms with van der Waals surface area (Å²) in [5, 5.41) is 0. The first-order chi connectivity index (χ1) is 13.0. The molecule has 4 rings (SSSR count). The zero-order valence-electron chi connectivity index (χ0n) is 15.1. The van der Waals surface area contributed by atoms with Crippen LogP contribution in [0.5, 0.6) is 0 Å². The molecule has 0 aliphatic carbocycles. The Kier molecular flexibility index (Phi) is 4.86. The zero-order valence-corrected chi connectivity index (χ0v) is 15.9. The molecule has 8 heteroatoms. The number of nitrogens with zero attached hydrogens (tertiary/aromatic N) is 3. The van der Waals surface area contributed by atoms with Crippen LogP contribution in [0.4, 0.5) is 8.78 Å². The standard InChI is InChI=1S/C19H21F2N3O2S/c1-22-15(10-17(25)23-5-7-26-8-6-23)16-9-12(11-24(16)19(22)27)18-13(20)3-2-4-14(18)21/h2-4,12H,5-11H2,1H3. The number of carbonyl (C=O) groups excluding carboxylic acids is 1. The van der Waals surface area contributed by atoms with E-state index in [1.54, 1.807) is 4.90 Å². The fourth-order valence-corrected chi connectivity index (χ4v) is 4.37. The number of hydrogen-bond acceptors (Lipinski definition) is 3. The van der Waals surface area contributed by atoms with Crippen LogP contribution in [0.2, 0.25) is 0 Å². The highest BCUT2D eigenvalue weighted by Gasteiger charge is 2.32. The average Bonchev–Trinajstić information content (AvgIpc) is 3.17. The summed E-state index contributed by atoms with van der Waals surface area (Å²) in [6.07, 6.45) is 0.697. The van der Waals surface area contributed by atoms with Crippen molar-refractivity contribution < 1.29 is 18.3 Å². The van der Waals surface area contributed by atoms with Crippen LogP contribution in [0.15, 0.2) is 18.2 Å². The van der Waals surface area contributed by atoms with Gasteiger partial charge in [-0.2, -0.15) is 0 Å². The van der Waals surface area contributed by atoms with Gasteiger partial charge < -0.3 is 18.8 Å². The van der Waals surface area contributed by atoms with E-state index in [4.69, 9.17) is 17.0 Å². The van der Waals surface area contributed by atoms with Gasteiger partial charge in [-0.25, -0.2) is 8.78 Å². The molecular formula is C19H21F2N3O2S. The lowest BCUT2D eigenvalue weighted by molar-refractivity contribution is -0.134. The molecular weight excluding hydrogens is 372 g/mol. The van der Waals surface area contributed by atoms with E-state index in [2.05, 4.69) is 0 Å². The Morgan fingerprint density at radius 3 is 2.59 bits per heavy atom. The van der Waals surface area contributed by atoms with Gasteiger partial charge in [0.25, 0.3) is 0 Å². The number of rotatable bonds is 3. The van der Waals surface area contributed by atoms with Crippen molar-refractivity contribution in [3.63, 3.8) is 0 Å². The maximum absolute atomic E-state index is 14.2. The molecule has 2 aliphatic rings. The summed E-state index contributed by atoms with van der Waals surface area (Å²) in [5.74, 6) is -1.36. The fraction of sp³-hybridized carbons (Fsp3) is 0.474. The number of fused-ring (bicyclic) bond motifs is 1. The molecule has 27 heavy (non-hydrogen) atoms. The van der Waals surface area contributed by atoms with Gasteiger partial charge in [0.2, 0.25) is 5.91 Å². The molecule has 1 amide bonds. The molecule has 1 unspecified atom stereocenters. The molecule has 1 aromatic carbocycles. The Bertz CT molecular complexity index is 927. The van der Waals surface area contributed by atoms with Crippen molar-refractivity contribution in [3.8, 4) is 0 Å². The summed E-state index contributed by atoms with van der Waals surface area (Å²) in [7, 11) is 1.84. The molecule has 2 aliphatic heterocycles. The van der Waals surface area contributed by atoms with Gasteiger partial charge in [0.05, 0.1) is 19.6 Å². The molecule has 1 fully saturated rings. The van der Waals surface area contributed by atoms with Crippen LogP contribution in [-0.4, -0.2) is 46.2 Å². The number of morpholine rings is 1. The molecule has 0 saturated carbocycles. The van der Waals surface area contributed by atoms with E-state index >= 15 is 0 Å². The topological polar surface area (TPSA) is 39.4 Å². The van der Waals surface area contributed by atoms with Crippen LogP contribution in [0.1, 0.15) is 22.9 Å². The monoisotopic (exact) mass is 393 g/mol. The maximum atomic E-state index is 14.2. The van der Waals surface area contributed by atoms with E-state index in [1.807, 2.05) is 16.2 Å². The first-order valence-corrected chi connectivity index (χ1v) is 9.45. The van der Waals surface area contributed by atoms with Crippen molar-refractivity contribution in [1.29, 1.82) is 0 Å². The number of aromatic nitrogens is 2. The molecule has 0 bridgehead atoms. The largest absolute Gasteiger partial charge is 0.378 e. The predicted molar refractivity (Wildman–Crippen MR) is 98.1 cm³/mol. The van der Waals surface area contributed by atoms with Crippen molar-refractivity contribution >= 4 is 18.1 Å². The maximum Gasteiger partial charge on any atom is 0.228 e. The second-order valence-electron chi connectivity index (χ2n) is 7.05. The molecule has 0 N–H and O–H groups in total. The molecule has 1 aromatic heterocycles. The zero-order chi connectivity index (χ0) is 19.1. The number of hydrogen-bond donors (Lipinski definition) is 0. The predicted octanol–water partition coefficient (Wildman–Crippen LogP) is 2.58. The molecule has 144 valence electrons. The molecule has 1 atom stereocenters. The van der Waals surface area contributed by atoms with Crippen LogP contribution < -0.4 is 0 Å². The third kappa shape index (κ3) is 3.21. The number of carbonyl (C=O) groups is 1. The molecule has 0 spiro atoms. The lowest BCUT2D eigenvalue weighted by Crippen LogP contribution is -2.41. The fourth-order valence-electron chi connectivity index (χ4n) is 4.08. The second kappa shape index (κ2) is 7.16. The highest BCUT2D eigenvalue weighted by atomic mass is 32.1. The summed E-state index contributed by atoms with van der Waals surface area (Å²) < 4.78 is 38.1. The van der Waals surface area contributed by atoms with Crippen LogP contribution in [0, 0.1) is 16.4 Å². The van der Waals surface area contributed by atoms with Gasteiger partial charge >= 0.3 is 0 Å². The summed E-state index contributed by atoms with van der Waals surface area (Å²) in [6, 6.07) is 3.93. The number of amides is 1. The van der Waals surface area contributed by atoms with Gasteiger partial charge in [-0.05, 0) is 30.8 Å². The Morgan fingerprint density at radius 2 is 1.93 bits per heavy atom. The first kappa shape index (κ1) is 18.3. The molecule has 0 radical (unpaired) electrons. The first-order valence-electron chi connectivity index (χ1n) is 9.04. The van der Waals surface area contributed by atoms with Crippen molar-refractivity contribution in [1.82, 2.24) is 14.0 Å². The summed E-state index contributed by atoms with van der Waals surface area (Å²) in [4.78, 5) is 14.5. The number of ether oxygens (including phenoxy) is 1. The van der Waals surface area contributed by atoms with Crippen LogP contribution in [-0.2, 0) is 36.0 Å². The van der Waals surface area contributed by atoms with Crippen LogP contribution >= 0.6 is 12.2 Å². The summed E-state index contributed by atoms with van der Waals surface area (Å²) >= 11 is 5.51. The van der Waals surface area contributed by atoms with E-state index < -0.39 is 11.6 Å². The van der Waals surface area contributed by atoms with Gasteiger partial charge in [-0.3, -0.25) is 4.79 Å². The number of benzene rings is 1. The Morgan fingerprint density at radius 1 is 1.26 bits per heavy atom. The summed E-state index contributed by atoms with van der Waals surface area (Å²) in [5.41, 5.74) is 1.83. The Hall–Kier alpha value is -2.06. The number of imidazole rings is 1. The van der Waals surface area contributed by atoms with Crippen molar-refractivity contribution in [2.24, 2.45) is 7.05 Å². The van der Waals surface area contributed by atoms with Gasteiger partial charge in [-0.15, -0.1) is 0 Å². The number of halogens is 2. The highest BCUT2D eigenvalue weighted by Crippen LogP contribution is 2.35. The summed E-state index contributed by atoms with van der Waals surface area (Å²) in [6.45, 7) is 2.69. The smallest absolute Gasteiger partial charge is 0.228 e. The van der Waals surface area contributed by atoms with E-state index in [1.165, 1.54) is 18.2 Å². The molecule has 5 nitrogen and oxygen atoms in total. The highest BCUT2D eigenvalue weighted by molar-refractivity contribution is 7.71. The Balaban J connectivity index is 1.62. The van der Waals surface area contributed by atoms with E-state index in [9.17, 15) is 13.6 Å². The minimum absolute atomic E-state index is 0.0258. The van der Waals surface area contributed by atoms with Gasteiger partial charge in [-0.1, -0.05) is 6.07 Å². The quantitative estimate of drug-likeness (QED) is 0.753. The van der Waals surface area contributed by atoms with Crippen molar-refractivity contribution in [2.45, 2.75) is 25.3 Å². The van der Waals surface area contributed by atoms with Gasteiger partial charge in [0, 0.05) is 49.6 Å². The van der Waals surface area contributed by atoms with E-state index in [-0.39, 0.29) is 23.8 Å². The lowest BCUT2D eigenvalue weighted by atomic mass is 9.95. The van der Waals surface area contributed by atoms with Gasteiger partial charge in [0.1, 0.15) is 11.6 Å². The minimum Gasteiger partial charge on any atom is -0.378 e. The molecule has 2 aromatic rings. The van der Waals surface area contributed by atoms with E-state index in [0.29, 0.717) is 44.0 Å². The third-order valence-corrected chi connectivity index (χ3v) is 6.01. The molecule has 3 heterocycles. The SMILES string of the molecule is Cn1c(CC(=O)N2CCOCC2)c2n(c1=S)CC(c1c(F)cccc1F)C2. The molecule has 1 saturated heterocycles. The lowest BCUT2D eigenvalue weighted by Gasteiger charge is -2.27.